The van der Waals surface area contributed by atoms with Crippen LogP contribution in [0.1, 0.15) is 119 Å². The van der Waals surface area contributed by atoms with E-state index < -0.39 is 0 Å². The molecule has 0 unspecified atom stereocenters. The van der Waals surface area contributed by atoms with Crippen LogP contribution in [0.25, 0.3) is 0 Å². The monoisotopic (exact) mass is 284 g/mol. The van der Waals surface area contributed by atoms with E-state index in [4.69, 9.17) is 0 Å². The maximum absolute atomic E-state index is 2.36. The molecule has 0 N–H and O–H groups in total. The second-order valence-corrected chi connectivity index (χ2v) is 6.66. The molecule has 2 rings (SSSR count). The van der Waals surface area contributed by atoms with E-state index in [1.54, 1.807) is 0 Å². The van der Waals surface area contributed by atoms with Crippen LogP contribution in [0.5, 0.6) is 0 Å². The van der Waals surface area contributed by atoms with Crippen LogP contribution in [0, 0.1) is 11.3 Å². The van der Waals surface area contributed by atoms with Gasteiger partial charge in [0, 0.05) is 0 Å². The Morgan fingerprint density at radius 3 is 1.50 bits per heavy atom. The molecule has 0 spiro atoms. The molecule has 0 nitrogen and oxygen atoms in total. The van der Waals surface area contributed by atoms with E-state index in [0.717, 1.165) is 5.92 Å². The highest BCUT2D eigenvalue weighted by Gasteiger charge is 2.21. The molecule has 124 valence electrons. The first-order valence-electron chi connectivity index (χ1n) is 9.64. The van der Waals surface area contributed by atoms with Crippen molar-refractivity contribution < 1.29 is 0 Å². The largest absolute Gasteiger partial charge is 0.0683 e. The number of hydrogen-bond acceptors (Lipinski definition) is 0. The van der Waals surface area contributed by atoms with Gasteiger partial charge in [0.1, 0.15) is 0 Å². The molecule has 2 aliphatic rings. The summed E-state index contributed by atoms with van der Waals surface area (Å²) in [5.41, 5.74) is 0.694. The van der Waals surface area contributed by atoms with Gasteiger partial charge < -0.3 is 0 Å². The van der Waals surface area contributed by atoms with Crippen LogP contribution in [-0.2, 0) is 0 Å². The van der Waals surface area contributed by atoms with Crippen molar-refractivity contribution in [2.75, 3.05) is 0 Å². The fourth-order valence-corrected chi connectivity index (χ4v) is 3.22. The molecule has 0 atom stereocenters. The number of hydrogen-bond donors (Lipinski definition) is 0. The second kappa shape index (κ2) is 15.4. The van der Waals surface area contributed by atoms with Crippen LogP contribution in [-0.4, -0.2) is 0 Å². The van der Waals surface area contributed by atoms with Gasteiger partial charge in [-0.3, -0.25) is 0 Å². The van der Waals surface area contributed by atoms with E-state index in [9.17, 15) is 0 Å². The minimum Gasteiger partial charge on any atom is -0.0683 e. The van der Waals surface area contributed by atoms with E-state index in [0.29, 0.717) is 5.41 Å². The van der Waals surface area contributed by atoms with Crippen molar-refractivity contribution in [3.05, 3.63) is 0 Å². The van der Waals surface area contributed by atoms with Crippen molar-refractivity contribution in [3.8, 4) is 0 Å². The van der Waals surface area contributed by atoms with E-state index in [2.05, 4.69) is 20.8 Å². The van der Waals surface area contributed by atoms with Gasteiger partial charge in [-0.2, -0.15) is 0 Å². The molecule has 0 aliphatic heterocycles. The minimum atomic E-state index is 0.694. The zero-order valence-electron chi connectivity index (χ0n) is 15.9. The molecule has 0 radical (unpaired) electrons. The second-order valence-electron chi connectivity index (χ2n) is 6.66. The van der Waals surface area contributed by atoms with Crippen LogP contribution >= 0.6 is 0 Å². The van der Waals surface area contributed by atoms with Crippen molar-refractivity contribution in [2.24, 2.45) is 11.3 Å². The lowest BCUT2D eigenvalue weighted by Gasteiger charge is -2.20. The summed E-state index contributed by atoms with van der Waals surface area (Å²) in [5, 5.41) is 0. The standard InChI is InChI=1S/C9H18.C7H14.2C2H6/c1-2-6-9-7-4-3-5-8-9;1-7(2)5-3-4-6-7;2*1-2/h9H,2-8H2,1H3;3-6H2,1-2H3;2*1-2H3. The molecule has 0 heteroatoms. The van der Waals surface area contributed by atoms with Crippen LogP contribution in [0.4, 0.5) is 0 Å². The first kappa shape index (κ1) is 22.3. The lowest BCUT2D eigenvalue weighted by Crippen LogP contribution is -2.04. The molecular formula is C20H44. The topological polar surface area (TPSA) is 0 Å². The van der Waals surface area contributed by atoms with E-state index in [1.807, 2.05) is 27.7 Å². The molecule has 0 aromatic carbocycles. The fourth-order valence-electron chi connectivity index (χ4n) is 3.22. The van der Waals surface area contributed by atoms with Gasteiger partial charge in [-0.1, -0.05) is 106 Å². The average molecular weight is 285 g/mol. The predicted octanol–water partition coefficient (Wildman–Crippen LogP) is 8.01. The first-order chi connectivity index (χ1) is 9.64. The van der Waals surface area contributed by atoms with Crippen molar-refractivity contribution in [1.29, 1.82) is 0 Å². The molecule has 20 heavy (non-hydrogen) atoms. The summed E-state index contributed by atoms with van der Waals surface area (Å²) >= 11 is 0. The van der Waals surface area contributed by atoms with E-state index >= 15 is 0 Å². The summed E-state index contributed by atoms with van der Waals surface area (Å²) in [5.74, 6) is 1.10. The van der Waals surface area contributed by atoms with Gasteiger partial charge in [-0.15, -0.1) is 0 Å². The highest BCUT2D eigenvalue weighted by Crippen LogP contribution is 2.36. The SMILES string of the molecule is CC.CC.CC1(C)CCCC1.CCCC1CCCCC1. The predicted molar refractivity (Wildman–Crippen MR) is 96.4 cm³/mol. The Hall–Kier alpha value is 0. The third-order valence-electron chi connectivity index (χ3n) is 4.38. The smallest absolute Gasteiger partial charge is 0.0354 e. The quantitative estimate of drug-likeness (QED) is 0.481. The van der Waals surface area contributed by atoms with Crippen LogP contribution in [0.3, 0.4) is 0 Å². The average Bonchev–Trinajstić information content (AvgIpc) is 2.90. The summed E-state index contributed by atoms with van der Waals surface area (Å²) < 4.78 is 0. The van der Waals surface area contributed by atoms with Crippen molar-refractivity contribution in [2.45, 2.75) is 119 Å². The molecule has 0 aromatic rings. The van der Waals surface area contributed by atoms with Gasteiger partial charge in [0.05, 0.1) is 0 Å². The third kappa shape index (κ3) is 13.0. The van der Waals surface area contributed by atoms with Crippen LogP contribution < -0.4 is 0 Å². The first-order valence-corrected chi connectivity index (χ1v) is 9.64. The zero-order valence-corrected chi connectivity index (χ0v) is 15.9. The summed E-state index contributed by atoms with van der Waals surface area (Å²) in [6.45, 7) is 15.0. The van der Waals surface area contributed by atoms with E-state index in [-0.39, 0.29) is 0 Å². The Bertz CT molecular complexity index is 152. The molecule has 2 fully saturated rings. The molecule has 0 aromatic heterocycles. The molecule has 2 saturated carbocycles. The Balaban J connectivity index is 0. The summed E-state index contributed by atoms with van der Waals surface area (Å²) in [6.07, 6.45) is 16.3. The molecule has 2 aliphatic carbocycles. The Morgan fingerprint density at radius 2 is 1.20 bits per heavy atom. The lowest BCUT2D eigenvalue weighted by molar-refractivity contribution is 0.336. The number of rotatable bonds is 2. The summed E-state index contributed by atoms with van der Waals surface area (Å²) in [6, 6.07) is 0. The summed E-state index contributed by atoms with van der Waals surface area (Å²) in [4.78, 5) is 0. The molecule has 0 bridgehead atoms. The van der Waals surface area contributed by atoms with Gasteiger partial charge in [0.25, 0.3) is 0 Å². The van der Waals surface area contributed by atoms with Crippen molar-refractivity contribution in [3.63, 3.8) is 0 Å². The third-order valence-corrected chi connectivity index (χ3v) is 4.38. The molecule has 0 amide bonds. The van der Waals surface area contributed by atoms with E-state index in [1.165, 1.54) is 70.6 Å². The lowest BCUT2D eigenvalue weighted by atomic mass is 9.86. The Morgan fingerprint density at radius 1 is 0.750 bits per heavy atom. The highest BCUT2D eigenvalue weighted by atomic mass is 14.3. The minimum absolute atomic E-state index is 0.694. The van der Waals surface area contributed by atoms with Gasteiger partial charge >= 0.3 is 0 Å². The van der Waals surface area contributed by atoms with Gasteiger partial charge in [-0.05, 0) is 24.2 Å². The normalized spacial score (nSPS) is 20.6. The van der Waals surface area contributed by atoms with Gasteiger partial charge in [-0.25, -0.2) is 0 Å². The maximum atomic E-state index is 2.36. The molecular weight excluding hydrogens is 240 g/mol. The summed E-state index contributed by atoms with van der Waals surface area (Å²) in [7, 11) is 0. The highest BCUT2D eigenvalue weighted by molar-refractivity contribution is 4.74. The fraction of sp³-hybridized carbons (Fsp3) is 1.00. The van der Waals surface area contributed by atoms with Crippen LogP contribution in [0.15, 0.2) is 0 Å². The molecule has 0 heterocycles. The maximum Gasteiger partial charge on any atom is -0.0354 e. The van der Waals surface area contributed by atoms with Crippen molar-refractivity contribution in [1.82, 2.24) is 0 Å². The van der Waals surface area contributed by atoms with Crippen LogP contribution in [0.2, 0.25) is 0 Å². The zero-order chi connectivity index (χ0) is 15.9. The molecule has 0 saturated heterocycles. The van der Waals surface area contributed by atoms with Gasteiger partial charge in [0.2, 0.25) is 0 Å². The van der Waals surface area contributed by atoms with Gasteiger partial charge in [0.15, 0.2) is 0 Å². The Labute approximate surface area is 131 Å². The van der Waals surface area contributed by atoms with Crippen molar-refractivity contribution >= 4 is 0 Å². The Kier molecular flexibility index (Phi) is 17.1.